The Morgan fingerprint density at radius 3 is 2.62 bits per heavy atom. The Hall–Kier alpha value is -2.11. The second-order valence-corrected chi connectivity index (χ2v) is 6.53. The number of methoxy groups -OCH3 is 1. The van der Waals surface area contributed by atoms with E-state index in [1.54, 1.807) is 6.92 Å². The zero-order valence-corrected chi connectivity index (χ0v) is 12.7. The van der Waals surface area contributed by atoms with Crippen molar-refractivity contribution in [3.05, 3.63) is 23.8 Å². The Balaban J connectivity index is 3.24. The molecule has 8 heteroatoms. The van der Waals surface area contributed by atoms with E-state index in [1.807, 2.05) is 6.07 Å². The van der Waals surface area contributed by atoms with Gasteiger partial charge in [0.15, 0.2) is 0 Å². The monoisotopic (exact) mass is 312 g/mol. The van der Waals surface area contributed by atoms with Gasteiger partial charge in [-0.1, -0.05) is 0 Å². The third-order valence-electron chi connectivity index (χ3n) is 2.86. The molecule has 0 aliphatic rings. The van der Waals surface area contributed by atoms with Gasteiger partial charge < -0.3 is 9.84 Å². The number of hydrogen-bond acceptors (Lipinski definition) is 5. The molecule has 1 N–H and O–H groups in total. The van der Waals surface area contributed by atoms with Gasteiger partial charge in [0.1, 0.15) is 11.3 Å². The van der Waals surface area contributed by atoms with E-state index < -0.39 is 21.9 Å². The van der Waals surface area contributed by atoms with Gasteiger partial charge in [-0.15, -0.1) is 0 Å². The van der Waals surface area contributed by atoms with Crippen LogP contribution in [0.5, 0.6) is 5.75 Å². The number of nitriles is 1. The Morgan fingerprint density at radius 1 is 1.52 bits per heavy atom. The molecule has 0 amide bonds. The molecule has 114 valence electrons. The number of aromatic carboxylic acids is 1. The average molecular weight is 312 g/mol. The minimum atomic E-state index is -3.86. The molecule has 1 atom stereocenters. The molecule has 21 heavy (non-hydrogen) atoms. The summed E-state index contributed by atoms with van der Waals surface area (Å²) >= 11 is 0. The molecule has 0 aliphatic carbocycles. The molecule has 0 saturated heterocycles. The molecular weight excluding hydrogens is 296 g/mol. The minimum absolute atomic E-state index is 0.0211. The molecule has 0 heterocycles. The number of sulfonamides is 1. The van der Waals surface area contributed by atoms with Crippen LogP contribution in [0.25, 0.3) is 0 Å². The van der Waals surface area contributed by atoms with Crippen LogP contribution >= 0.6 is 0 Å². The average Bonchev–Trinajstić information content (AvgIpc) is 2.45. The number of carboxylic acids is 1. The van der Waals surface area contributed by atoms with Crippen LogP contribution in [0.2, 0.25) is 0 Å². The highest BCUT2D eigenvalue weighted by Gasteiger charge is 2.24. The second kappa shape index (κ2) is 6.56. The van der Waals surface area contributed by atoms with Crippen LogP contribution in [0.3, 0.4) is 0 Å². The summed E-state index contributed by atoms with van der Waals surface area (Å²) in [4.78, 5) is 11.0. The van der Waals surface area contributed by atoms with Crippen molar-refractivity contribution in [3.8, 4) is 11.8 Å². The predicted molar refractivity (Wildman–Crippen MR) is 74.5 cm³/mol. The van der Waals surface area contributed by atoms with Crippen LogP contribution in [0, 0.1) is 17.2 Å². The smallest absolute Gasteiger partial charge is 0.339 e. The number of nitrogens with zero attached hydrogens (tertiary/aromatic N) is 2. The fraction of sp³-hybridized carbons (Fsp3) is 0.385. The molecular formula is C13H16N2O5S. The van der Waals surface area contributed by atoms with Crippen molar-refractivity contribution in [2.24, 2.45) is 5.92 Å². The Kier molecular flexibility index (Phi) is 5.29. The third kappa shape index (κ3) is 3.71. The Labute approximate surface area is 123 Å². The summed E-state index contributed by atoms with van der Waals surface area (Å²) < 4.78 is 30.6. The van der Waals surface area contributed by atoms with Gasteiger partial charge in [-0.3, -0.25) is 0 Å². The van der Waals surface area contributed by atoms with E-state index in [4.69, 9.17) is 15.1 Å². The molecule has 1 rings (SSSR count). The van der Waals surface area contributed by atoms with Crippen molar-refractivity contribution >= 4 is 16.0 Å². The molecule has 0 radical (unpaired) electrons. The van der Waals surface area contributed by atoms with Crippen molar-refractivity contribution < 1.29 is 23.1 Å². The maximum Gasteiger partial charge on any atom is 0.339 e. The predicted octanol–water partition coefficient (Wildman–Crippen LogP) is 1.17. The minimum Gasteiger partial charge on any atom is -0.496 e. The Bertz CT molecular complexity index is 678. The summed E-state index contributed by atoms with van der Waals surface area (Å²) in [6, 6.07) is 5.55. The quantitative estimate of drug-likeness (QED) is 0.845. The zero-order chi connectivity index (χ0) is 16.2. The van der Waals surface area contributed by atoms with Crippen LogP contribution in [-0.4, -0.2) is 44.5 Å². The van der Waals surface area contributed by atoms with Gasteiger partial charge in [-0.2, -0.15) is 9.57 Å². The van der Waals surface area contributed by atoms with E-state index in [2.05, 4.69) is 0 Å². The molecule has 1 aromatic carbocycles. The van der Waals surface area contributed by atoms with E-state index in [0.29, 0.717) is 0 Å². The lowest BCUT2D eigenvalue weighted by molar-refractivity contribution is 0.0693. The summed E-state index contributed by atoms with van der Waals surface area (Å²) in [7, 11) is -1.22. The number of ether oxygens (including phenoxy) is 1. The number of benzene rings is 1. The summed E-state index contributed by atoms with van der Waals surface area (Å²) in [5, 5.41) is 17.8. The second-order valence-electron chi connectivity index (χ2n) is 4.48. The molecule has 7 nitrogen and oxygen atoms in total. The molecule has 0 fully saturated rings. The first-order chi connectivity index (χ1) is 9.73. The van der Waals surface area contributed by atoms with Gasteiger partial charge in [0.25, 0.3) is 0 Å². The van der Waals surface area contributed by atoms with Crippen molar-refractivity contribution in [2.75, 3.05) is 20.7 Å². The normalized spacial score (nSPS) is 12.7. The molecule has 0 spiro atoms. The molecule has 0 bridgehead atoms. The molecule has 1 aromatic rings. The lowest BCUT2D eigenvalue weighted by atomic mass is 10.2. The SMILES string of the molecule is COc1ccc(S(=O)(=O)N(C)CC(C)C#N)cc1C(=O)O. The standard InChI is InChI=1S/C13H16N2O5S/c1-9(7-14)8-15(2)21(18,19)10-4-5-12(20-3)11(6-10)13(16)17/h4-6,9H,8H2,1-3H3,(H,16,17). The molecule has 0 aromatic heterocycles. The number of carboxylic acid groups (broad SMARTS) is 1. The van der Waals surface area contributed by atoms with Gasteiger partial charge in [0.05, 0.1) is 24.0 Å². The first kappa shape index (κ1) is 16.9. The maximum absolute atomic E-state index is 12.3. The van der Waals surface area contributed by atoms with Crippen molar-refractivity contribution in [3.63, 3.8) is 0 Å². The van der Waals surface area contributed by atoms with Gasteiger partial charge in [0.2, 0.25) is 10.0 Å². The first-order valence-corrected chi connectivity index (χ1v) is 7.45. The summed E-state index contributed by atoms with van der Waals surface area (Å²) in [5.74, 6) is -1.67. The van der Waals surface area contributed by atoms with Crippen molar-refractivity contribution in [2.45, 2.75) is 11.8 Å². The number of rotatable bonds is 6. The fourth-order valence-corrected chi connectivity index (χ4v) is 3.01. The van der Waals surface area contributed by atoms with Crippen LogP contribution in [-0.2, 0) is 10.0 Å². The van der Waals surface area contributed by atoms with E-state index in [0.717, 1.165) is 10.4 Å². The number of hydrogen-bond donors (Lipinski definition) is 1. The molecule has 0 aliphatic heterocycles. The molecule has 0 saturated carbocycles. The van der Waals surface area contributed by atoms with E-state index in [1.165, 1.54) is 26.3 Å². The van der Waals surface area contributed by atoms with Crippen LogP contribution in [0.15, 0.2) is 23.1 Å². The Morgan fingerprint density at radius 2 is 2.14 bits per heavy atom. The summed E-state index contributed by atoms with van der Waals surface area (Å²) in [6.45, 7) is 1.62. The lowest BCUT2D eigenvalue weighted by Gasteiger charge is -2.18. The lowest BCUT2D eigenvalue weighted by Crippen LogP contribution is -2.31. The highest BCUT2D eigenvalue weighted by atomic mass is 32.2. The summed E-state index contributed by atoms with van der Waals surface area (Å²) in [6.07, 6.45) is 0. The van der Waals surface area contributed by atoms with Crippen LogP contribution < -0.4 is 4.74 Å². The molecule has 1 unspecified atom stereocenters. The van der Waals surface area contributed by atoms with Gasteiger partial charge in [0, 0.05) is 13.6 Å². The largest absolute Gasteiger partial charge is 0.496 e. The first-order valence-electron chi connectivity index (χ1n) is 6.01. The summed E-state index contributed by atoms with van der Waals surface area (Å²) in [5.41, 5.74) is -0.236. The highest BCUT2D eigenvalue weighted by Crippen LogP contribution is 2.24. The zero-order valence-electron chi connectivity index (χ0n) is 11.9. The van der Waals surface area contributed by atoms with E-state index in [-0.39, 0.29) is 22.8 Å². The van der Waals surface area contributed by atoms with Crippen LogP contribution in [0.1, 0.15) is 17.3 Å². The van der Waals surface area contributed by atoms with E-state index >= 15 is 0 Å². The third-order valence-corrected chi connectivity index (χ3v) is 4.68. The number of carbonyl (C=O) groups is 1. The van der Waals surface area contributed by atoms with Crippen molar-refractivity contribution in [1.29, 1.82) is 5.26 Å². The topological polar surface area (TPSA) is 108 Å². The van der Waals surface area contributed by atoms with Gasteiger partial charge in [-0.25, -0.2) is 13.2 Å². The van der Waals surface area contributed by atoms with Gasteiger partial charge in [-0.05, 0) is 25.1 Å². The van der Waals surface area contributed by atoms with Crippen LogP contribution in [0.4, 0.5) is 0 Å². The van der Waals surface area contributed by atoms with Gasteiger partial charge >= 0.3 is 5.97 Å². The van der Waals surface area contributed by atoms with Crippen molar-refractivity contribution in [1.82, 2.24) is 4.31 Å². The fourth-order valence-electron chi connectivity index (χ4n) is 1.72. The maximum atomic E-state index is 12.3. The van der Waals surface area contributed by atoms with E-state index in [9.17, 15) is 13.2 Å². The highest BCUT2D eigenvalue weighted by molar-refractivity contribution is 7.89.